The summed E-state index contributed by atoms with van der Waals surface area (Å²) in [5.41, 5.74) is 6.36. The van der Waals surface area contributed by atoms with E-state index in [4.69, 9.17) is 4.98 Å². The molecular weight excluding hydrogens is 276 g/mol. The SMILES string of the molecule is CSc1nc(-c2cc3ccccc3[nH]2)cc2c1CCCC2. The zero-order valence-corrected chi connectivity index (χ0v) is 13.0. The van der Waals surface area contributed by atoms with E-state index in [1.807, 2.05) is 0 Å². The molecule has 2 nitrogen and oxygen atoms in total. The normalized spacial score (nSPS) is 14.3. The molecule has 106 valence electrons. The fraction of sp³-hybridized carbons (Fsp3) is 0.278. The van der Waals surface area contributed by atoms with Gasteiger partial charge < -0.3 is 4.98 Å². The fourth-order valence-electron chi connectivity index (χ4n) is 3.22. The molecule has 2 heterocycles. The van der Waals surface area contributed by atoms with Gasteiger partial charge in [-0.3, -0.25) is 0 Å². The third kappa shape index (κ3) is 2.26. The molecule has 0 spiro atoms. The first-order valence-corrected chi connectivity index (χ1v) is 8.72. The number of aromatic amines is 1. The Morgan fingerprint density at radius 3 is 2.81 bits per heavy atom. The number of para-hydroxylation sites is 1. The molecule has 0 fully saturated rings. The van der Waals surface area contributed by atoms with Crippen molar-refractivity contribution in [1.29, 1.82) is 0 Å². The maximum absolute atomic E-state index is 4.90. The average Bonchev–Trinajstić information content (AvgIpc) is 2.98. The first kappa shape index (κ1) is 13.0. The number of fused-ring (bicyclic) bond motifs is 2. The van der Waals surface area contributed by atoms with Gasteiger partial charge in [0.2, 0.25) is 0 Å². The van der Waals surface area contributed by atoms with Crippen LogP contribution in [-0.4, -0.2) is 16.2 Å². The van der Waals surface area contributed by atoms with Gasteiger partial charge in [-0.1, -0.05) is 18.2 Å². The van der Waals surface area contributed by atoms with Crippen LogP contribution in [0.1, 0.15) is 24.0 Å². The largest absolute Gasteiger partial charge is 0.353 e. The van der Waals surface area contributed by atoms with Gasteiger partial charge in [0.05, 0.1) is 16.4 Å². The van der Waals surface area contributed by atoms with Crippen molar-refractivity contribution in [2.75, 3.05) is 6.26 Å². The quantitative estimate of drug-likeness (QED) is 0.686. The molecule has 0 saturated carbocycles. The lowest BCUT2D eigenvalue weighted by Crippen LogP contribution is -2.06. The van der Waals surface area contributed by atoms with Gasteiger partial charge in [0.1, 0.15) is 0 Å². The van der Waals surface area contributed by atoms with Crippen molar-refractivity contribution in [2.45, 2.75) is 30.7 Å². The molecule has 2 aromatic heterocycles. The number of thioether (sulfide) groups is 1. The van der Waals surface area contributed by atoms with Gasteiger partial charge >= 0.3 is 0 Å². The molecule has 0 aliphatic heterocycles. The number of hydrogen-bond donors (Lipinski definition) is 1. The van der Waals surface area contributed by atoms with E-state index >= 15 is 0 Å². The van der Waals surface area contributed by atoms with Crippen LogP contribution in [0.3, 0.4) is 0 Å². The number of rotatable bonds is 2. The number of pyridine rings is 1. The highest BCUT2D eigenvalue weighted by Gasteiger charge is 2.17. The van der Waals surface area contributed by atoms with E-state index in [0.29, 0.717) is 0 Å². The first-order chi connectivity index (χ1) is 10.3. The van der Waals surface area contributed by atoms with Crippen LogP contribution in [0.4, 0.5) is 0 Å². The van der Waals surface area contributed by atoms with Crippen LogP contribution in [0.2, 0.25) is 0 Å². The minimum Gasteiger partial charge on any atom is -0.353 e. The molecular formula is C18H18N2S. The maximum Gasteiger partial charge on any atom is 0.1000 e. The molecule has 0 atom stereocenters. The van der Waals surface area contributed by atoms with E-state index in [1.165, 1.54) is 52.7 Å². The number of aryl methyl sites for hydroxylation is 1. The lowest BCUT2D eigenvalue weighted by Gasteiger charge is -2.19. The van der Waals surface area contributed by atoms with E-state index in [9.17, 15) is 0 Å². The zero-order chi connectivity index (χ0) is 14.2. The van der Waals surface area contributed by atoms with Gasteiger partial charge in [0.15, 0.2) is 0 Å². The van der Waals surface area contributed by atoms with Gasteiger partial charge in [-0.05, 0) is 61.3 Å². The van der Waals surface area contributed by atoms with Crippen molar-refractivity contribution >= 4 is 22.7 Å². The summed E-state index contributed by atoms with van der Waals surface area (Å²) in [4.78, 5) is 8.40. The Labute approximate surface area is 129 Å². The topological polar surface area (TPSA) is 28.7 Å². The Balaban J connectivity index is 1.87. The van der Waals surface area contributed by atoms with Crippen LogP contribution in [0.5, 0.6) is 0 Å². The third-order valence-electron chi connectivity index (χ3n) is 4.30. The van der Waals surface area contributed by atoms with Crippen LogP contribution in [-0.2, 0) is 12.8 Å². The summed E-state index contributed by atoms with van der Waals surface area (Å²) < 4.78 is 0. The molecule has 1 aliphatic rings. The molecule has 1 N–H and O–H groups in total. The number of nitrogens with zero attached hydrogens (tertiary/aromatic N) is 1. The number of nitrogens with one attached hydrogen (secondary N) is 1. The van der Waals surface area contributed by atoms with Crippen LogP contribution in [0.25, 0.3) is 22.3 Å². The Hall–Kier alpha value is -1.74. The second-order valence-electron chi connectivity index (χ2n) is 5.63. The molecule has 0 amide bonds. The summed E-state index contributed by atoms with van der Waals surface area (Å²) in [6, 6.07) is 12.9. The third-order valence-corrected chi connectivity index (χ3v) is 5.03. The second-order valence-corrected chi connectivity index (χ2v) is 6.43. The van der Waals surface area contributed by atoms with Gasteiger partial charge in [-0.2, -0.15) is 0 Å². The Morgan fingerprint density at radius 2 is 1.95 bits per heavy atom. The molecule has 1 aliphatic carbocycles. The highest BCUT2D eigenvalue weighted by Crippen LogP contribution is 2.32. The average molecular weight is 294 g/mol. The van der Waals surface area contributed by atoms with E-state index < -0.39 is 0 Å². The van der Waals surface area contributed by atoms with Gasteiger partial charge in [-0.25, -0.2) is 4.98 Å². The summed E-state index contributed by atoms with van der Waals surface area (Å²) in [7, 11) is 0. The first-order valence-electron chi connectivity index (χ1n) is 7.50. The number of H-pyrrole nitrogens is 1. The fourth-order valence-corrected chi connectivity index (χ4v) is 3.89. The van der Waals surface area contributed by atoms with Crippen molar-refractivity contribution < 1.29 is 0 Å². The summed E-state index contributed by atoms with van der Waals surface area (Å²) in [6.45, 7) is 0. The predicted octanol–water partition coefficient (Wildman–Crippen LogP) is 4.83. The van der Waals surface area contributed by atoms with Gasteiger partial charge in [0, 0.05) is 10.9 Å². The zero-order valence-electron chi connectivity index (χ0n) is 12.1. The summed E-state index contributed by atoms with van der Waals surface area (Å²) in [5.74, 6) is 0. The standard InChI is InChI=1S/C18H18N2S/c1-21-18-14-8-4-2-6-12(14)10-17(20-18)16-11-13-7-3-5-9-15(13)19-16/h3,5,7,9-11,19H,2,4,6,8H2,1H3. The Bertz CT molecular complexity index is 754. The van der Waals surface area contributed by atoms with Crippen LogP contribution < -0.4 is 0 Å². The molecule has 21 heavy (non-hydrogen) atoms. The molecule has 0 unspecified atom stereocenters. The number of aromatic nitrogens is 2. The van der Waals surface area contributed by atoms with Crippen LogP contribution in [0, 0.1) is 0 Å². The lowest BCUT2D eigenvalue weighted by molar-refractivity contribution is 0.668. The Kier molecular flexibility index (Phi) is 3.23. The van der Waals surface area contributed by atoms with Crippen LogP contribution >= 0.6 is 11.8 Å². The van der Waals surface area contributed by atoms with E-state index in [1.54, 1.807) is 11.8 Å². The highest BCUT2D eigenvalue weighted by molar-refractivity contribution is 7.98. The number of hydrogen-bond acceptors (Lipinski definition) is 2. The summed E-state index contributed by atoms with van der Waals surface area (Å²) in [5, 5.41) is 2.46. The second kappa shape index (κ2) is 5.23. The molecule has 0 radical (unpaired) electrons. The highest BCUT2D eigenvalue weighted by atomic mass is 32.2. The molecule has 1 aromatic carbocycles. The molecule has 0 bridgehead atoms. The van der Waals surface area contributed by atoms with Crippen molar-refractivity contribution in [3.63, 3.8) is 0 Å². The number of benzene rings is 1. The van der Waals surface area contributed by atoms with E-state index in [0.717, 1.165) is 11.4 Å². The van der Waals surface area contributed by atoms with Gasteiger partial charge in [0.25, 0.3) is 0 Å². The van der Waals surface area contributed by atoms with E-state index in [2.05, 4.69) is 47.6 Å². The summed E-state index contributed by atoms with van der Waals surface area (Å²) >= 11 is 1.77. The Morgan fingerprint density at radius 1 is 1.10 bits per heavy atom. The van der Waals surface area contributed by atoms with Crippen molar-refractivity contribution in [2.24, 2.45) is 0 Å². The lowest BCUT2D eigenvalue weighted by atomic mass is 9.92. The molecule has 3 heteroatoms. The molecule has 0 saturated heterocycles. The minimum atomic E-state index is 1.08. The van der Waals surface area contributed by atoms with Gasteiger partial charge in [-0.15, -0.1) is 11.8 Å². The minimum absolute atomic E-state index is 1.08. The molecule has 4 rings (SSSR count). The van der Waals surface area contributed by atoms with E-state index in [-0.39, 0.29) is 0 Å². The van der Waals surface area contributed by atoms with Crippen molar-refractivity contribution in [3.8, 4) is 11.4 Å². The predicted molar refractivity (Wildman–Crippen MR) is 90.0 cm³/mol. The maximum atomic E-state index is 4.90. The molecule has 3 aromatic rings. The summed E-state index contributed by atoms with van der Waals surface area (Å²) in [6.07, 6.45) is 7.11. The smallest absolute Gasteiger partial charge is 0.1000 e. The monoisotopic (exact) mass is 294 g/mol. The van der Waals surface area contributed by atoms with Crippen molar-refractivity contribution in [3.05, 3.63) is 47.5 Å². The van der Waals surface area contributed by atoms with Crippen molar-refractivity contribution in [1.82, 2.24) is 9.97 Å². The van der Waals surface area contributed by atoms with Crippen LogP contribution in [0.15, 0.2) is 41.4 Å².